The summed E-state index contributed by atoms with van der Waals surface area (Å²) in [7, 11) is 0. The molecule has 3 fully saturated rings. The van der Waals surface area contributed by atoms with Gasteiger partial charge >= 0.3 is 0 Å². The fraction of sp³-hybridized carbons (Fsp3) is 0.739. The third-order valence-electron chi connectivity index (χ3n) is 8.05. The third kappa shape index (κ3) is 2.70. The molecule has 1 aromatic rings. The zero-order chi connectivity index (χ0) is 17.7. The van der Waals surface area contributed by atoms with E-state index in [0.29, 0.717) is 11.8 Å². The van der Waals surface area contributed by atoms with Crippen LogP contribution in [0.25, 0.3) is 0 Å². The van der Waals surface area contributed by atoms with Crippen molar-refractivity contribution in [3.63, 3.8) is 0 Å². The van der Waals surface area contributed by atoms with Gasteiger partial charge in [-0.05, 0) is 97.8 Å². The zero-order valence-electron chi connectivity index (χ0n) is 16.0. The van der Waals surface area contributed by atoms with Crippen molar-refractivity contribution in [1.82, 2.24) is 0 Å². The van der Waals surface area contributed by atoms with Crippen LogP contribution in [0.3, 0.4) is 0 Å². The van der Waals surface area contributed by atoms with E-state index in [1.54, 1.807) is 5.56 Å². The molecule has 1 saturated heterocycles. The Bertz CT molecular complexity index is 665. The lowest BCUT2D eigenvalue weighted by Crippen LogP contribution is -2.43. The molecule has 1 unspecified atom stereocenters. The number of ether oxygens (including phenoxy) is 2. The van der Waals surface area contributed by atoms with Crippen molar-refractivity contribution < 1.29 is 14.6 Å². The van der Waals surface area contributed by atoms with Crippen LogP contribution in [0.4, 0.5) is 0 Å². The number of hydrogen-bond acceptors (Lipinski definition) is 3. The molecule has 0 radical (unpaired) electrons. The van der Waals surface area contributed by atoms with Crippen LogP contribution in [-0.4, -0.2) is 24.1 Å². The number of aliphatic hydroxyl groups excluding tert-OH is 1. The van der Waals surface area contributed by atoms with Crippen molar-refractivity contribution in [2.75, 3.05) is 6.61 Å². The van der Waals surface area contributed by atoms with Gasteiger partial charge in [-0.25, -0.2) is 0 Å². The number of benzene rings is 1. The fourth-order valence-electron chi connectivity index (χ4n) is 6.56. The molecule has 1 heterocycles. The summed E-state index contributed by atoms with van der Waals surface area (Å²) in [5, 5.41) is 10.5. The molecule has 3 nitrogen and oxygen atoms in total. The number of aryl methyl sites for hydroxylation is 1. The predicted molar refractivity (Wildman–Crippen MR) is 101 cm³/mol. The van der Waals surface area contributed by atoms with Gasteiger partial charge < -0.3 is 14.6 Å². The van der Waals surface area contributed by atoms with Crippen LogP contribution >= 0.6 is 0 Å². The van der Waals surface area contributed by atoms with Gasteiger partial charge in [0, 0.05) is 6.42 Å². The number of fused-ring (bicyclic) bond motifs is 5. The summed E-state index contributed by atoms with van der Waals surface area (Å²) in [6.45, 7) is 3.17. The molecule has 26 heavy (non-hydrogen) atoms. The molecule has 5 rings (SSSR count). The van der Waals surface area contributed by atoms with E-state index in [-0.39, 0.29) is 17.8 Å². The average molecular weight is 357 g/mol. The summed E-state index contributed by atoms with van der Waals surface area (Å²) in [6, 6.07) is 6.77. The molecule has 1 N–H and O–H groups in total. The summed E-state index contributed by atoms with van der Waals surface area (Å²) in [4.78, 5) is 0. The normalized spacial score (nSPS) is 41.8. The van der Waals surface area contributed by atoms with Gasteiger partial charge in [0.2, 0.25) is 0 Å². The van der Waals surface area contributed by atoms with Crippen molar-refractivity contribution in [1.29, 1.82) is 0 Å². The number of rotatable bonds is 2. The largest absolute Gasteiger partial charge is 0.465 e. The monoisotopic (exact) mass is 356 g/mol. The Morgan fingerprint density at radius 2 is 2.04 bits per heavy atom. The van der Waals surface area contributed by atoms with E-state index in [0.717, 1.165) is 44.0 Å². The van der Waals surface area contributed by atoms with Gasteiger partial charge in [-0.15, -0.1) is 0 Å². The minimum atomic E-state index is -0.0823. The molecule has 1 aliphatic heterocycles. The first-order valence-corrected chi connectivity index (χ1v) is 10.7. The number of hydrogen-bond donors (Lipinski definition) is 1. The van der Waals surface area contributed by atoms with Crippen LogP contribution in [-0.2, 0) is 11.2 Å². The molecule has 0 spiro atoms. The van der Waals surface area contributed by atoms with Crippen molar-refractivity contribution in [2.45, 2.75) is 83.0 Å². The summed E-state index contributed by atoms with van der Waals surface area (Å²) in [6.07, 6.45) is 10.3. The second-order valence-corrected chi connectivity index (χ2v) is 9.33. The molecule has 142 valence electrons. The van der Waals surface area contributed by atoms with Crippen LogP contribution in [0.5, 0.6) is 5.75 Å². The lowest BCUT2D eigenvalue weighted by Gasteiger charge is -2.50. The zero-order valence-corrected chi connectivity index (χ0v) is 16.0. The highest BCUT2D eigenvalue weighted by molar-refractivity contribution is 5.40. The van der Waals surface area contributed by atoms with Crippen molar-refractivity contribution in [3.05, 3.63) is 29.3 Å². The van der Waals surface area contributed by atoms with E-state index in [1.165, 1.54) is 37.7 Å². The molecule has 2 saturated carbocycles. The average Bonchev–Trinajstić information content (AvgIpc) is 2.97. The van der Waals surface area contributed by atoms with Gasteiger partial charge in [0.05, 0.1) is 12.7 Å². The Morgan fingerprint density at radius 3 is 2.88 bits per heavy atom. The molecule has 4 aliphatic rings. The minimum absolute atomic E-state index is 0.0616. The lowest BCUT2D eigenvalue weighted by atomic mass is 9.55. The quantitative estimate of drug-likeness (QED) is 0.826. The summed E-state index contributed by atoms with van der Waals surface area (Å²) in [5.74, 6) is 3.12. The topological polar surface area (TPSA) is 38.7 Å². The maximum atomic E-state index is 10.5. The Kier molecular flexibility index (Phi) is 4.28. The Hall–Kier alpha value is -1.06. The molecule has 3 aliphatic carbocycles. The van der Waals surface area contributed by atoms with Crippen LogP contribution in [0.15, 0.2) is 18.2 Å². The standard InChI is InChI=1S/C23H32O3/c1-23-12-11-18-17-8-6-16(26-22-4-2-3-13-25-22)14-15(17)5-7-19(18)20(23)9-10-21(23)24/h6,8,14,18-22,24H,2-5,7,9-13H2,1H3/t18-,19-,20+,21+,22?,23+/m1/s1. The fourth-order valence-corrected chi connectivity index (χ4v) is 6.56. The van der Waals surface area contributed by atoms with E-state index in [9.17, 15) is 5.11 Å². The number of aliphatic hydroxyl groups is 1. The minimum Gasteiger partial charge on any atom is -0.465 e. The van der Waals surface area contributed by atoms with Crippen molar-refractivity contribution in [3.8, 4) is 5.75 Å². The van der Waals surface area contributed by atoms with Gasteiger partial charge in [-0.3, -0.25) is 0 Å². The van der Waals surface area contributed by atoms with Crippen molar-refractivity contribution in [2.24, 2.45) is 17.3 Å². The maximum absolute atomic E-state index is 10.5. The van der Waals surface area contributed by atoms with E-state index in [4.69, 9.17) is 9.47 Å². The van der Waals surface area contributed by atoms with E-state index < -0.39 is 0 Å². The highest BCUT2D eigenvalue weighted by atomic mass is 16.7. The first-order chi connectivity index (χ1) is 12.6. The SMILES string of the molecule is C[C@]12CC[C@@H]3c4ccc(OC5CCCCO5)cc4CC[C@H]3[C@@H]1CC[C@@H]2O. The third-order valence-corrected chi connectivity index (χ3v) is 8.05. The van der Waals surface area contributed by atoms with Gasteiger partial charge in [0.1, 0.15) is 5.75 Å². The molecule has 3 heteroatoms. The van der Waals surface area contributed by atoms with Crippen LogP contribution < -0.4 is 4.74 Å². The summed E-state index contributed by atoms with van der Waals surface area (Å²) >= 11 is 0. The molecule has 0 aromatic heterocycles. The van der Waals surface area contributed by atoms with Crippen LogP contribution in [0.1, 0.15) is 75.3 Å². The Morgan fingerprint density at radius 1 is 1.12 bits per heavy atom. The van der Waals surface area contributed by atoms with Gasteiger partial charge in [-0.1, -0.05) is 13.0 Å². The first kappa shape index (κ1) is 17.1. The Balaban J connectivity index is 1.36. The second-order valence-electron chi connectivity index (χ2n) is 9.33. The highest BCUT2D eigenvalue weighted by Crippen LogP contribution is 2.60. The maximum Gasteiger partial charge on any atom is 0.199 e. The van der Waals surface area contributed by atoms with E-state index in [1.807, 2.05) is 0 Å². The molecule has 6 atom stereocenters. The summed E-state index contributed by atoms with van der Waals surface area (Å²) in [5.41, 5.74) is 3.21. The first-order valence-electron chi connectivity index (χ1n) is 10.7. The van der Waals surface area contributed by atoms with E-state index >= 15 is 0 Å². The van der Waals surface area contributed by atoms with Gasteiger partial charge in [-0.2, -0.15) is 0 Å². The molecule has 0 bridgehead atoms. The lowest BCUT2D eigenvalue weighted by molar-refractivity contribution is -0.105. The second kappa shape index (κ2) is 6.53. The van der Waals surface area contributed by atoms with E-state index in [2.05, 4.69) is 25.1 Å². The molecule has 1 aromatic carbocycles. The molecular formula is C23H32O3. The van der Waals surface area contributed by atoms with Gasteiger partial charge in [0.25, 0.3) is 0 Å². The van der Waals surface area contributed by atoms with Crippen molar-refractivity contribution >= 4 is 0 Å². The Labute approximate surface area is 157 Å². The smallest absolute Gasteiger partial charge is 0.199 e. The highest BCUT2D eigenvalue weighted by Gasteiger charge is 2.54. The molecular weight excluding hydrogens is 324 g/mol. The van der Waals surface area contributed by atoms with Crippen LogP contribution in [0.2, 0.25) is 0 Å². The summed E-state index contributed by atoms with van der Waals surface area (Å²) < 4.78 is 11.8. The molecule has 0 amide bonds. The van der Waals surface area contributed by atoms with Gasteiger partial charge in [0.15, 0.2) is 6.29 Å². The van der Waals surface area contributed by atoms with Crippen LogP contribution in [0, 0.1) is 17.3 Å². The predicted octanol–water partition coefficient (Wildman–Crippen LogP) is 4.81.